The Morgan fingerprint density at radius 3 is 2.33 bits per heavy atom. The summed E-state index contributed by atoms with van der Waals surface area (Å²) in [5, 5.41) is 10.9. The molecule has 1 heterocycles. The standard InChI is InChI=1S/C24H28BrNO4/c1-15(2)11-26(12-16(3)4)13-18-20(27)10-9-17-23(28)22(14-29-24(17)18)30-21-8-6-5-7-19(21)25/h5-10,14-16,27H,11-13H2,1-4H3. The maximum absolute atomic E-state index is 13.1. The van der Waals surface area contributed by atoms with Gasteiger partial charge in [-0.1, -0.05) is 39.8 Å². The van der Waals surface area contributed by atoms with E-state index in [1.807, 2.05) is 18.2 Å². The molecule has 0 aliphatic heterocycles. The lowest BCUT2D eigenvalue weighted by molar-refractivity contribution is 0.209. The van der Waals surface area contributed by atoms with Gasteiger partial charge in [-0.3, -0.25) is 9.69 Å². The number of hydrogen-bond acceptors (Lipinski definition) is 5. The monoisotopic (exact) mass is 473 g/mol. The Hall–Kier alpha value is -2.31. The van der Waals surface area contributed by atoms with Crippen LogP contribution in [0.2, 0.25) is 0 Å². The van der Waals surface area contributed by atoms with E-state index < -0.39 is 0 Å². The van der Waals surface area contributed by atoms with Gasteiger partial charge in [0, 0.05) is 19.6 Å². The molecule has 2 aromatic carbocycles. The molecule has 0 aliphatic rings. The molecule has 6 heteroatoms. The summed E-state index contributed by atoms with van der Waals surface area (Å²) in [6.07, 6.45) is 1.32. The van der Waals surface area contributed by atoms with Crippen LogP contribution < -0.4 is 10.2 Å². The molecule has 5 nitrogen and oxygen atoms in total. The first kappa shape index (κ1) is 22.4. The summed E-state index contributed by atoms with van der Waals surface area (Å²) in [7, 11) is 0. The van der Waals surface area contributed by atoms with Crippen molar-refractivity contribution in [3.05, 3.63) is 62.9 Å². The van der Waals surface area contributed by atoms with Crippen molar-refractivity contribution in [1.82, 2.24) is 4.90 Å². The summed E-state index contributed by atoms with van der Waals surface area (Å²) in [6, 6.07) is 10.4. The normalized spacial score (nSPS) is 11.7. The van der Waals surface area contributed by atoms with Crippen LogP contribution in [-0.4, -0.2) is 23.1 Å². The predicted octanol–water partition coefficient (Wildman–Crippen LogP) is 6.17. The number of rotatable bonds is 8. The highest BCUT2D eigenvalue weighted by Crippen LogP contribution is 2.32. The zero-order chi connectivity index (χ0) is 21.8. The smallest absolute Gasteiger partial charge is 0.235 e. The molecule has 0 atom stereocenters. The Labute approximate surface area is 185 Å². The third kappa shape index (κ3) is 5.24. The quantitative estimate of drug-likeness (QED) is 0.423. The average Bonchev–Trinajstić information content (AvgIpc) is 2.66. The second-order valence-corrected chi connectivity index (χ2v) is 9.24. The van der Waals surface area contributed by atoms with Gasteiger partial charge in [-0.05, 0) is 52.0 Å². The number of nitrogens with zero attached hydrogens (tertiary/aromatic N) is 1. The van der Waals surface area contributed by atoms with Gasteiger partial charge in [-0.2, -0.15) is 0 Å². The highest BCUT2D eigenvalue weighted by Gasteiger charge is 2.19. The van der Waals surface area contributed by atoms with Gasteiger partial charge >= 0.3 is 0 Å². The van der Waals surface area contributed by atoms with Gasteiger partial charge in [0.25, 0.3) is 0 Å². The minimum absolute atomic E-state index is 0.104. The number of benzene rings is 2. The molecule has 0 bridgehead atoms. The summed E-state index contributed by atoms with van der Waals surface area (Å²) in [5.74, 6) is 1.73. The second-order valence-electron chi connectivity index (χ2n) is 8.38. The molecule has 0 radical (unpaired) electrons. The lowest BCUT2D eigenvalue weighted by Crippen LogP contribution is -2.31. The van der Waals surface area contributed by atoms with E-state index in [1.54, 1.807) is 18.2 Å². The molecule has 160 valence electrons. The zero-order valence-electron chi connectivity index (χ0n) is 17.8. The van der Waals surface area contributed by atoms with Crippen LogP contribution in [0.15, 0.2) is 56.3 Å². The van der Waals surface area contributed by atoms with Gasteiger partial charge in [0.15, 0.2) is 0 Å². The molecule has 0 spiro atoms. The lowest BCUT2D eigenvalue weighted by atomic mass is 10.1. The van der Waals surface area contributed by atoms with Gasteiger partial charge < -0.3 is 14.3 Å². The van der Waals surface area contributed by atoms with Gasteiger partial charge in [-0.15, -0.1) is 0 Å². The molecular weight excluding hydrogens is 446 g/mol. The Morgan fingerprint density at radius 1 is 1.03 bits per heavy atom. The first-order chi connectivity index (χ1) is 14.3. The van der Waals surface area contributed by atoms with Crippen molar-refractivity contribution in [3.8, 4) is 17.2 Å². The summed E-state index contributed by atoms with van der Waals surface area (Å²) >= 11 is 3.42. The summed E-state index contributed by atoms with van der Waals surface area (Å²) < 4.78 is 12.4. The van der Waals surface area contributed by atoms with E-state index in [2.05, 4.69) is 48.5 Å². The van der Waals surface area contributed by atoms with Crippen LogP contribution in [0.1, 0.15) is 33.3 Å². The average molecular weight is 474 g/mol. The van der Waals surface area contributed by atoms with Crippen molar-refractivity contribution in [2.24, 2.45) is 11.8 Å². The van der Waals surface area contributed by atoms with Crippen molar-refractivity contribution in [2.45, 2.75) is 34.2 Å². The van der Waals surface area contributed by atoms with E-state index in [0.29, 0.717) is 40.7 Å². The van der Waals surface area contributed by atoms with Crippen LogP contribution in [0.3, 0.4) is 0 Å². The maximum Gasteiger partial charge on any atom is 0.235 e. The number of aromatic hydroxyl groups is 1. The molecule has 0 amide bonds. The van der Waals surface area contributed by atoms with E-state index in [-0.39, 0.29) is 16.9 Å². The first-order valence-electron chi connectivity index (χ1n) is 10.2. The SMILES string of the molecule is CC(C)CN(Cc1c(O)ccc2c(=O)c(Oc3ccccc3Br)coc12)CC(C)C. The Bertz CT molecular complexity index is 1060. The van der Waals surface area contributed by atoms with Crippen molar-refractivity contribution in [2.75, 3.05) is 13.1 Å². The van der Waals surface area contributed by atoms with Crippen LogP contribution in [0, 0.1) is 11.8 Å². The van der Waals surface area contributed by atoms with Crippen LogP contribution in [-0.2, 0) is 6.54 Å². The number of ether oxygens (including phenoxy) is 1. The number of phenolic OH excluding ortho intramolecular Hbond substituents is 1. The summed E-state index contributed by atoms with van der Waals surface area (Å²) in [5.41, 5.74) is 0.753. The van der Waals surface area contributed by atoms with E-state index in [4.69, 9.17) is 9.15 Å². The maximum atomic E-state index is 13.1. The van der Waals surface area contributed by atoms with Crippen LogP contribution in [0.4, 0.5) is 0 Å². The van der Waals surface area contributed by atoms with Gasteiger partial charge in [0.1, 0.15) is 23.3 Å². The molecule has 0 saturated heterocycles. The van der Waals surface area contributed by atoms with E-state index in [0.717, 1.165) is 17.6 Å². The number of hydrogen-bond donors (Lipinski definition) is 1. The second kappa shape index (κ2) is 9.67. The van der Waals surface area contributed by atoms with Crippen molar-refractivity contribution < 1.29 is 14.3 Å². The van der Waals surface area contributed by atoms with Gasteiger partial charge in [-0.25, -0.2) is 0 Å². The Morgan fingerprint density at radius 2 is 1.70 bits per heavy atom. The lowest BCUT2D eigenvalue weighted by Gasteiger charge is -2.26. The zero-order valence-corrected chi connectivity index (χ0v) is 19.4. The summed E-state index contributed by atoms with van der Waals surface area (Å²) in [4.78, 5) is 15.3. The number of fused-ring (bicyclic) bond motifs is 1. The van der Waals surface area contributed by atoms with Crippen molar-refractivity contribution in [1.29, 1.82) is 0 Å². The van der Waals surface area contributed by atoms with Crippen LogP contribution >= 0.6 is 15.9 Å². The fourth-order valence-corrected chi connectivity index (χ4v) is 3.92. The fraction of sp³-hybridized carbons (Fsp3) is 0.375. The number of phenols is 1. The molecule has 30 heavy (non-hydrogen) atoms. The van der Waals surface area contributed by atoms with E-state index in [1.165, 1.54) is 6.26 Å². The number of halogens is 1. The molecule has 0 saturated carbocycles. The molecule has 1 N–H and O–H groups in total. The first-order valence-corrected chi connectivity index (χ1v) is 11.0. The number of para-hydroxylation sites is 1. The van der Waals surface area contributed by atoms with E-state index >= 15 is 0 Å². The molecule has 1 aromatic heterocycles. The largest absolute Gasteiger partial charge is 0.507 e. The van der Waals surface area contributed by atoms with Gasteiger partial charge in [0.05, 0.1) is 15.4 Å². The third-order valence-electron chi connectivity index (χ3n) is 4.67. The fourth-order valence-electron chi connectivity index (χ4n) is 3.56. The summed E-state index contributed by atoms with van der Waals surface area (Å²) in [6.45, 7) is 11.0. The molecule has 0 aliphatic carbocycles. The van der Waals surface area contributed by atoms with E-state index in [9.17, 15) is 9.90 Å². The van der Waals surface area contributed by atoms with Gasteiger partial charge in [0.2, 0.25) is 11.2 Å². The van der Waals surface area contributed by atoms with Crippen LogP contribution in [0.25, 0.3) is 11.0 Å². The van der Waals surface area contributed by atoms with Crippen molar-refractivity contribution >= 4 is 26.9 Å². The third-order valence-corrected chi connectivity index (χ3v) is 5.33. The highest BCUT2D eigenvalue weighted by atomic mass is 79.9. The molecular formula is C24H28BrNO4. The Balaban J connectivity index is 2.00. The highest BCUT2D eigenvalue weighted by molar-refractivity contribution is 9.10. The minimum Gasteiger partial charge on any atom is -0.507 e. The van der Waals surface area contributed by atoms with Crippen molar-refractivity contribution in [3.63, 3.8) is 0 Å². The molecule has 0 unspecified atom stereocenters. The topological polar surface area (TPSA) is 62.9 Å². The molecule has 3 aromatic rings. The predicted molar refractivity (Wildman–Crippen MR) is 123 cm³/mol. The van der Waals surface area contributed by atoms with Crippen LogP contribution in [0.5, 0.6) is 17.2 Å². The molecule has 3 rings (SSSR count). The molecule has 0 fully saturated rings. The minimum atomic E-state index is -0.271. The Kier molecular flexibility index (Phi) is 7.21.